The van der Waals surface area contributed by atoms with Gasteiger partial charge < -0.3 is 21.1 Å². The van der Waals surface area contributed by atoms with Crippen molar-refractivity contribution in [2.24, 2.45) is 5.92 Å². The van der Waals surface area contributed by atoms with Crippen molar-refractivity contribution in [3.8, 4) is 0 Å². The minimum absolute atomic E-state index is 0.0306. The quantitative estimate of drug-likeness (QED) is 0.567. The van der Waals surface area contributed by atoms with Gasteiger partial charge in [-0.2, -0.15) is 0 Å². The molecule has 0 heterocycles. The Kier molecular flexibility index (Phi) is 6.11. The van der Waals surface area contributed by atoms with Crippen LogP contribution in [0.2, 0.25) is 0 Å². The van der Waals surface area contributed by atoms with Gasteiger partial charge in [0.1, 0.15) is 6.04 Å². The summed E-state index contributed by atoms with van der Waals surface area (Å²) in [5, 5.41) is 16.3. The molecule has 1 rings (SSSR count). The van der Waals surface area contributed by atoms with Gasteiger partial charge in [-0.1, -0.05) is 19.3 Å². The molecule has 0 saturated heterocycles. The number of amides is 3. The number of aliphatic carboxylic acids is 1. The zero-order valence-electron chi connectivity index (χ0n) is 11.1. The monoisotopic (exact) mass is 271 g/mol. The Balaban J connectivity index is 2.46. The van der Waals surface area contributed by atoms with Crippen LogP contribution in [0.3, 0.4) is 0 Å². The van der Waals surface area contributed by atoms with Crippen molar-refractivity contribution < 1.29 is 19.5 Å². The Hall–Kier alpha value is -1.79. The molecule has 0 aliphatic heterocycles. The van der Waals surface area contributed by atoms with Crippen molar-refractivity contribution in [1.29, 1.82) is 0 Å². The molecule has 108 valence electrons. The van der Waals surface area contributed by atoms with Crippen molar-refractivity contribution >= 4 is 17.9 Å². The Bertz CT molecular complexity index is 340. The lowest BCUT2D eigenvalue weighted by Crippen LogP contribution is -2.51. The minimum atomic E-state index is -1.03. The second kappa shape index (κ2) is 7.60. The van der Waals surface area contributed by atoms with Gasteiger partial charge in [-0.3, -0.25) is 4.79 Å². The molecule has 1 atom stereocenters. The predicted octanol–water partition coefficient (Wildman–Crippen LogP) is 0.0651. The summed E-state index contributed by atoms with van der Waals surface area (Å²) in [6.45, 7) is -0.167. The maximum Gasteiger partial charge on any atom is 0.326 e. The van der Waals surface area contributed by atoms with E-state index in [0.29, 0.717) is 0 Å². The van der Waals surface area contributed by atoms with Crippen LogP contribution in [0.4, 0.5) is 4.79 Å². The van der Waals surface area contributed by atoms with Crippen molar-refractivity contribution in [2.75, 3.05) is 13.6 Å². The molecule has 1 aliphatic carbocycles. The number of hydrogen-bond acceptors (Lipinski definition) is 3. The van der Waals surface area contributed by atoms with Crippen LogP contribution in [-0.4, -0.2) is 42.6 Å². The highest BCUT2D eigenvalue weighted by Crippen LogP contribution is 2.26. The molecule has 7 heteroatoms. The first kappa shape index (κ1) is 15.3. The number of urea groups is 1. The third kappa shape index (κ3) is 5.15. The third-order valence-corrected chi connectivity index (χ3v) is 3.36. The second-order valence-corrected chi connectivity index (χ2v) is 4.71. The fraction of sp³-hybridized carbons (Fsp3) is 0.750. The van der Waals surface area contributed by atoms with E-state index in [1.54, 1.807) is 0 Å². The molecule has 0 aromatic carbocycles. The Morgan fingerprint density at radius 2 is 1.84 bits per heavy atom. The van der Waals surface area contributed by atoms with Crippen molar-refractivity contribution in [3.63, 3.8) is 0 Å². The summed E-state index contributed by atoms with van der Waals surface area (Å²) in [7, 11) is 1.46. The second-order valence-electron chi connectivity index (χ2n) is 4.71. The van der Waals surface area contributed by atoms with Crippen LogP contribution in [0.5, 0.6) is 0 Å². The average Bonchev–Trinajstić information content (AvgIpc) is 2.42. The van der Waals surface area contributed by atoms with Crippen LogP contribution in [-0.2, 0) is 9.59 Å². The Morgan fingerprint density at radius 1 is 1.21 bits per heavy atom. The fourth-order valence-electron chi connectivity index (χ4n) is 2.29. The van der Waals surface area contributed by atoms with Gasteiger partial charge in [0.2, 0.25) is 5.91 Å². The van der Waals surface area contributed by atoms with Crippen LogP contribution in [0.1, 0.15) is 32.1 Å². The largest absolute Gasteiger partial charge is 0.480 e. The van der Waals surface area contributed by atoms with E-state index in [1.165, 1.54) is 7.05 Å². The fourth-order valence-corrected chi connectivity index (χ4v) is 2.29. The predicted molar refractivity (Wildman–Crippen MR) is 68.6 cm³/mol. The van der Waals surface area contributed by atoms with E-state index in [0.717, 1.165) is 32.1 Å². The molecular weight excluding hydrogens is 250 g/mol. The summed E-state index contributed by atoms with van der Waals surface area (Å²) >= 11 is 0. The summed E-state index contributed by atoms with van der Waals surface area (Å²) in [4.78, 5) is 33.7. The average molecular weight is 271 g/mol. The number of carbonyl (C=O) groups is 3. The number of likely N-dealkylation sites (N-methyl/N-ethyl adjacent to an activating group) is 1. The van der Waals surface area contributed by atoms with Crippen LogP contribution in [0.15, 0.2) is 0 Å². The first-order chi connectivity index (χ1) is 9.04. The molecule has 1 fully saturated rings. The maximum atomic E-state index is 11.6. The van der Waals surface area contributed by atoms with E-state index >= 15 is 0 Å². The summed E-state index contributed by atoms with van der Waals surface area (Å²) in [5.74, 6) is -1.39. The van der Waals surface area contributed by atoms with Gasteiger partial charge in [0, 0.05) is 7.05 Å². The van der Waals surface area contributed by atoms with E-state index in [2.05, 4.69) is 16.0 Å². The van der Waals surface area contributed by atoms with Gasteiger partial charge in [0.15, 0.2) is 0 Å². The van der Waals surface area contributed by atoms with Crippen molar-refractivity contribution in [3.05, 3.63) is 0 Å². The summed E-state index contributed by atoms with van der Waals surface area (Å²) in [6, 6.07) is -1.51. The molecule has 1 saturated carbocycles. The standard InChI is InChI=1S/C12H21N3O4/c1-13-9(16)7-14-12(19)15-10(11(17)18)8-5-3-2-4-6-8/h8,10H,2-7H2,1H3,(H,13,16)(H,17,18)(H2,14,15,19). The first-order valence-corrected chi connectivity index (χ1v) is 6.52. The van der Waals surface area contributed by atoms with Crippen molar-refractivity contribution in [1.82, 2.24) is 16.0 Å². The normalized spacial score (nSPS) is 17.3. The number of carboxylic acid groups (broad SMARTS) is 1. The maximum absolute atomic E-state index is 11.6. The van der Waals surface area contributed by atoms with E-state index in [-0.39, 0.29) is 18.4 Å². The molecule has 19 heavy (non-hydrogen) atoms. The zero-order valence-corrected chi connectivity index (χ0v) is 11.1. The van der Waals surface area contributed by atoms with E-state index in [1.807, 2.05) is 0 Å². The number of carboxylic acids is 1. The minimum Gasteiger partial charge on any atom is -0.480 e. The number of rotatable bonds is 5. The molecule has 0 aromatic rings. The van der Waals surface area contributed by atoms with Gasteiger partial charge in [0.25, 0.3) is 0 Å². The van der Waals surface area contributed by atoms with Gasteiger partial charge >= 0.3 is 12.0 Å². The smallest absolute Gasteiger partial charge is 0.326 e. The lowest BCUT2D eigenvalue weighted by atomic mass is 9.84. The Labute approximate surface area is 112 Å². The number of hydrogen-bond donors (Lipinski definition) is 4. The van der Waals surface area contributed by atoms with E-state index in [4.69, 9.17) is 0 Å². The molecule has 1 unspecified atom stereocenters. The molecular formula is C12H21N3O4. The summed E-state index contributed by atoms with van der Waals surface area (Å²) in [5.41, 5.74) is 0. The van der Waals surface area contributed by atoms with E-state index in [9.17, 15) is 19.5 Å². The number of carbonyl (C=O) groups excluding carboxylic acids is 2. The Morgan fingerprint density at radius 3 is 2.37 bits per heavy atom. The zero-order chi connectivity index (χ0) is 14.3. The number of nitrogens with one attached hydrogen (secondary N) is 3. The molecule has 1 aliphatic rings. The molecule has 4 N–H and O–H groups in total. The lowest BCUT2D eigenvalue weighted by Gasteiger charge is -2.27. The SMILES string of the molecule is CNC(=O)CNC(=O)NC(C(=O)O)C1CCCCC1. The summed E-state index contributed by atoms with van der Waals surface area (Å²) < 4.78 is 0. The van der Waals surface area contributed by atoms with Gasteiger partial charge in [-0.25, -0.2) is 9.59 Å². The topological polar surface area (TPSA) is 108 Å². The highest BCUT2D eigenvalue weighted by molar-refractivity contribution is 5.86. The molecule has 0 bridgehead atoms. The van der Waals surface area contributed by atoms with Crippen LogP contribution in [0, 0.1) is 5.92 Å². The first-order valence-electron chi connectivity index (χ1n) is 6.52. The molecule has 0 radical (unpaired) electrons. The van der Waals surface area contributed by atoms with Crippen LogP contribution < -0.4 is 16.0 Å². The van der Waals surface area contributed by atoms with Gasteiger partial charge in [-0.15, -0.1) is 0 Å². The molecule has 3 amide bonds. The van der Waals surface area contributed by atoms with E-state index < -0.39 is 18.0 Å². The molecule has 0 spiro atoms. The van der Waals surface area contributed by atoms with Crippen LogP contribution in [0.25, 0.3) is 0 Å². The van der Waals surface area contributed by atoms with Crippen molar-refractivity contribution in [2.45, 2.75) is 38.1 Å². The molecule has 7 nitrogen and oxygen atoms in total. The highest BCUT2D eigenvalue weighted by atomic mass is 16.4. The highest BCUT2D eigenvalue weighted by Gasteiger charge is 2.30. The van der Waals surface area contributed by atoms with Gasteiger partial charge in [0.05, 0.1) is 6.54 Å². The lowest BCUT2D eigenvalue weighted by molar-refractivity contribution is -0.141. The van der Waals surface area contributed by atoms with Crippen LogP contribution >= 0.6 is 0 Å². The third-order valence-electron chi connectivity index (χ3n) is 3.36. The molecule has 0 aromatic heterocycles. The summed E-state index contributed by atoms with van der Waals surface area (Å²) in [6.07, 6.45) is 4.73. The van der Waals surface area contributed by atoms with Gasteiger partial charge in [-0.05, 0) is 18.8 Å².